The average Bonchev–Trinajstić information content (AvgIpc) is 2.84. The molecule has 0 unspecified atom stereocenters. The summed E-state index contributed by atoms with van der Waals surface area (Å²) in [6.45, 7) is 0. The summed E-state index contributed by atoms with van der Waals surface area (Å²) >= 11 is 1.61. The third-order valence-electron chi connectivity index (χ3n) is 3.09. The zero-order chi connectivity index (χ0) is 13.4. The fraction of sp³-hybridized carbons (Fsp3) is 0.214. The molecular formula is C14H15N3OS. The standard InChI is InChI=1S/C14H15N3OS/c1-17(2)14-15-12(18)10-8-11(19-13(10)16-14)9-6-4-3-5-7-9/h3-8,14,16H,1-2H3,(H,15,18)/t14-/m0/s1. The predicted molar refractivity (Wildman–Crippen MR) is 78.3 cm³/mol. The zero-order valence-electron chi connectivity index (χ0n) is 10.8. The Kier molecular flexibility index (Phi) is 3.00. The topological polar surface area (TPSA) is 44.4 Å². The van der Waals surface area contributed by atoms with Gasteiger partial charge in [0.25, 0.3) is 5.91 Å². The Morgan fingerprint density at radius 1 is 1.16 bits per heavy atom. The minimum atomic E-state index is -0.151. The molecule has 1 aliphatic heterocycles. The molecule has 1 aromatic heterocycles. The van der Waals surface area contributed by atoms with Crippen molar-refractivity contribution in [3.8, 4) is 10.4 Å². The normalized spacial score (nSPS) is 17.8. The first-order valence-corrected chi connectivity index (χ1v) is 6.90. The van der Waals surface area contributed by atoms with Crippen molar-refractivity contribution in [3.63, 3.8) is 0 Å². The molecule has 0 spiro atoms. The molecule has 3 rings (SSSR count). The number of rotatable bonds is 2. The van der Waals surface area contributed by atoms with Crippen LogP contribution in [-0.4, -0.2) is 31.2 Å². The molecule has 4 nitrogen and oxygen atoms in total. The van der Waals surface area contributed by atoms with Crippen LogP contribution in [0.15, 0.2) is 36.4 Å². The number of nitrogens with one attached hydrogen (secondary N) is 2. The van der Waals surface area contributed by atoms with Crippen LogP contribution in [0.5, 0.6) is 0 Å². The first-order valence-electron chi connectivity index (χ1n) is 6.08. The number of carbonyl (C=O) groups is 1. The Labute approximate surface area is 116 Å². The molecule has 2 N–H and O–H groups in total. The highest BCUT2D eigenvalue weighted by Gasteiger charge is 2.27. The van der Waals surface area contributed by atoms with Crippen LogP contribution in [-0.2, 0) is 0 Å². The number of amides is 1. The molecule has 98 valence electrons. The second-order valence-electron chi connectivity index (χ2n) is 4.70. The number of carbonyl (C=O) groups excluding carboxylic acids is 1. The minimum Gasteiger partial charge on any atom is -0.344 e. The molecule has 2 aromatic rings. The molecule has 0 bridgehead atoms. The Bertz CT molecular complexity index is 606. The number of fused-ring (bicyclic) bond motifs is 1. The van der Waals surface area contributed by atoms with Gasteiger partial charge in [-0.15, -0.1) is 11.3 Å². The van der Waals surface area contributed by atoms with Crippen molar-refractivity contribution in [2.75, 3.05) is 19.4 Å². The molecule has 2 heterocycles. The van der Waals surface area contributed by atoms with E-state index < -0.39 is 0 Å². The molecule has 0 saturated heterocycles. The van der Waals surface area contributed by atoms with Gasteiger partial charge < -0.3 is 10.6 Å². The highest BCUT2D eigenvalue weighted by Crippen LogP contribution is 2.37. The number of hydrogen-bond donors (Lipinski definition) is 2. The summed E-state index contributed by atoms with van der Waals surface area (Å²) < 4.78 is 0. The van der Waals surface area contributed by atoms with Gasteiger partial charge in [-0.05, 0) is 25.7 Å². The SMILES string of the molecule is CN(C)[C@H]1NC(=O)c2cc(-c3ccccc3)sc2N1. The lowest BCUT2D eigenvalue weighted by molar-refractivity contribution is 0.0895. The molecular weight excluding hydrogens is 258 g/mol. The van der Waals surface area contributed by atoms with Gasteiger partial charge in [0.1, 0.15) is 5.00 Å². The van der Waals surface area contributed by atoms with E-state index in [9.17, 15) is 4.79 Å². The number of nitrogens with zero attached hydrogens (tertiary/aromatic N) is 1. The highest BCUT2D eigenvalue weighted by molar-refractivity contribution is 7.19. The van der Waals surface area contributed by atoms with Gasteiger partial charge in [0.05, 0.1) is 5.56 Å². The molecule has 19 heavy (non-hydrogen) atoms. The quantitative estimate of drug-likeness (QED) is 0.883. The van der Waals surface area contributed by atoms with E-state index in [1.165, 1.54) is 0 Å². The van der Waals surface area contributed by atoms with Gasteiger partial charge in [0, 0.05) is 4.88 Å². The van der Waals surface area contributed by atoms with Crippen molar-refractivity contribution in [1.82, 2.24) is 10.2 Å². The average molecular weight is 273 g/mol. The van der Waals surface area contributed by atoms with Gasteiger partial charge in [-0.1, -0.05) is 30.3 Å². The van der Waals surface area contributed by atoms with E-state index in [1.54, 1.807) is 11.3 Å². The number of benzene rings is 1. The van der Waals surface area contributed by atoms with Crippen molar-refractivity contribution in [2.24, 2.45) is 0 Å². The zero-order valence-corrected chi connectivity index (χ0v) is 11.6. The second-order valence-corrected chi connectivity index (χ2v) is 5.76. The van der Waals surface area contributed by atoms with Crippen LogP contribution in [0.25, 0.3) is 10.4 Å². The summed E-state index contributed by atoms with van der Waals surface area (Å²) in [5.74, 6) is -0.0223. The predicted octanol–water partition coefficient (Wildman–Crippen LogP) is 2.42. The number of hydrogen-bond acceptors (Lipinski definition) is 4. The Balaban J connectivity index is 1.98. The van der Waals surface area contributed by atoms with Gasteiger partial charge in [-0.2, -0.15) is 0 Å². The third-order valence-corrected chi connectivity index (χ3v) is 4.20. The summed E-state index contributed by atoms with van der Waals surface area (Å²) in [5, 5.41) is 7.18. The largest absolute Gasteiger partial charge is 0.344 e. The van der Waals surface area contributed by atoms with Crippen molar-refractivity contribution in [1.29, 1.82) is 0 Å². The van der Waals surface area contributed by atoms with Crippen LogP contribution in [0, 0.1) is 0 Å². The van der Waals surface area contributed by atoms with Gasteiger partial charge in [-0.25, -0.2) is 0 Å². The van der Waals surface area contributed by atoms with E-state index >= 15 is 0 Å². The van der Waals surface area contributed by atoms with Crippen LogP contribution in [0.1, 0.15) is 10.4 Å². The minimum absolute atomic E-state index is 0.0223. The number of anilines is 1. The van der Waals surface area contributed by atoms with E-state index in [4.69, 9.17) is 0 Å². The van der Waals surface area contributed by atoms with E-state index in [0.717, 1.165) is 21.0 Å². The fourth-order valence-corrected chi connectivity index (χ4v) is 3.11. The summed E-state index contributed by atoms with van der Waals surface area (Å²) in [7, 11) is 3.85. The lowest BCUT2D eigenvalue weighted by Crippen LogP contribution is -2.52. The molecule has 0 aliphatic carbocycles. The molecule has 5 heteroatoms. The van der Waals surface area contributed by atoms with Crippen molar-refractivity contribution >= 4 is 22.2 Å². The van der Waals surface area contributed by atoms with E-state index in [0.29, 0.717) is 0 Å². The van der Waals surface area contributed by atoms with Gasteiger partial charge in [-0.3, -0.25) is 9.69 Å². The maximum absolute atomic E-state index is 12.1. The molecule has 1 atom stereocenters. The first kappa shape index (κ1) is 12.2. The lowest BCUT2D eigenvalue weighted by atomic mass is 10.1. The molecule has 0 radical (unpaired) electrons. The van der Waals surface area contributed by atoms with Crippen LogP contribution < -0.4 is 10.6 Å². The molecule has 1 amide bonds. The highest BCUT2D eigenvalue weighted by atomic mass is 32.1. The van der Waals surface area contributed by atoms with Crippen LogP contribution in [0.4, 0.5) is 5.00 Å². The van der Waals surface area contributed by atoms with E-state index in [-0.39, 0.29) is 12.2 Å². The fourth-order valence-electron chi connectivity index (χ4n) is 2.03. The summed E-state index contributed by atoms with van der Waals surface area (Å²) in [4.78, 5) is 15.1. The summed E-state index contributed by atoms with van der Waals surface area (Å²) in [6.07, 6.45) is -0.151. The maximum Gasteiger partial charge on any atom is 0.256 e. The maximum atomic E-state index is 12.1. The Morgan fingerprint density at radius 3 is 2.58 bits per heavy atom. The van der Waals surface area contributed by atoms with Crippen LogP contribution >= 0.6 is 11.3 Å². The van der Waals surface area contributed by atoms with Gasteiger partial charge >= 0.3 is 0 Å². The van der Waals surface area contributed by atoms with Crippen LogP contribution in [0.2, 0.25) is 0 Å². The third kappa shape index (κ3) is 2.22. The summed E-state index contributed by atoms with van der Waals surface area (Å²) in [5.41, 5.74) is 1.86. The van der Waals surface area contributed by atoms with Gasteiger partial charge in [0.15, 0.2) is 6.29 Å². The Morgan fingerprint density at radius 2 is 1.89 bits per heavy atom. The van der Waals surface area contributed by atoms with Gasteiger partial charge in [0.2, 0.25) is 0 Å². The van der Waals surface area contributed by atoms with Crippen molar-refractivity contribution in [3.05, 3.63) is 42.0 Å². The molecule has 0 fully saturated rings. The molecule has 1 aromatic carbocycles. The second kappa shape index (κ2) is 4.68. The lowest BCUT2D eigenvalue weighted by Gasteiger charge is -2.30. The molecule has 0 saturated carbocycles. The number of thiophene rings is 1. The Hall–Kier alpha value is -1.85. The monoisotopic (exact) mass is 273 g/mol. The van der Waals surface area contributed by atoms with E-state index in [1.807, 2.05) is 43.3 Å². The van der Waals surface area contributed by atoms with Crippen molar-refractivity contribution in [2.45, 2.75) is 6.29 Å². The van der Waals surface area contributed by atoms with Crippen LogP contribution in [0.3, 0.4) is 0 Å². The summed E-state index contributed by atoms with van der Waals surface area (Å²) in [6, 6.07) is 12.1. The molecule has 1 aliphatic rings. The smallest absolute Gasteiger partial charge is 0.256 e. The van der Waals surface area contributed by atoms with Crippen molar-refractivity contribution < 1.29 is 4.79 Å². The van der Waals surface area contributed by atoms with E-state index in [2.05, 4.69) is 22.8 Å². The first-order chi connectivity index (χ1) is 9.15.